The van der Waals surface area contributed by atoms with Crippen molar-refractivity contribution >= 4 is 28.8 Å². The molecule has 0 aliphatic carbocycles. The second-order valence-corrected chi connectivity index (χ2v) is 7.92. The molecule has 1 aliphatic heterocycles. The first-order valence-electron chi connectivity index (χ1n) is 10.4. The number of rotatable bonds is 6. The molecule has 30 heavy (non-hydrogen) atoms. The van der Waals surface area contributed by atoms with Gasteiger partial charge in [-0.15, -0.1) is 0 Å². The van der Waals surface area contributed by atoms with Crippen molar-refractivity contribution in [3.8, 4) is 0 Å². The van der Waals surface area contributed by atoms with E-state index in [1.807, 2.05) is 38.2 Å². The lowest BCUT2D eigenvalue weighted by Crippen LogP contribution is -2.56. The monoisotopic (exact) mass is 414 g/mol. The first-order valence-corrected chi connectivity index (χ1v) is 10.4. The van der Waals surface area contributed by atoms with Gasteiger partial charge in [-0.1, -0.05) is 32.0 Å². The summed E-state index contributed by atoms with van der Waals surface area (Å²) in [5, 5.41) is 3.90. The van der Waals surface area contributed by atoms with Crippen LogP contribution < -0.4 is 5.32 Å². The van der Waals surface area contributed by atoms with Crippen LogP contribution in [0.1, 0.15) is 25.8 Å². The van der Waals surface area contributed by atoms with Crippen LogP contribution in [-0.4, -0.2) is 72.0 Å². The predicted octanol–water partition coefficient (Wildman–Crippen LogP) is 2.15. The molecule has 3 rings (SSSR count). The SMILES string of the molecule is COC(=O)[C@H](NC(=O)N1CCN(C(=O)CCc2c[nH]c3ccccc23)CC1)C(C)C. The van der Waals surface area contributed by atoms with E-state index in [1.54, 1.807) is 9.80 Å². The number of methoxy groups -OCH3 is 1. The Labute approximate surface area is 176 Å². The van der Waals surface area contributed by atoms with Crippen LogP contribution in [-0.2, 0) is 20.7 Å². The highest BCUT2D eigenvalue weighted by atomic mass is 16.5. The molecule has 1 saturated heterocycles. The van der Waals surface area contributed by atoms with Crippen molar-refractivity contribution in [3.05, 3.63) is 36.0 Å². The minimum atomic E-state index is -0.682. The van der Waals surface area contributed by atoms with Crippen LogP contribution in [0.4, 0.5) is 4.79 Å². The smallest absolute Gasteiger partial charge is 0.328 e. The van der Waals surface area contributed by atoms with Gasteiger partial charge in [0.25, 0.3) is 0 Å². The maximum atomic E-state index is 12.6. The zero-order valence-corrected chi connectivity index (χ0v) is 17.8. The number of esters is 1. The second-order valence-electron chi connectivity index (χ2n) is 7.92. The van der Waals surface area contributed by atoms with E-state index in [1.165, 1.54) is 7.11 Å². The molecule has 8 nitrogen and oxygen atoms in total. The van der Waals surface area contributed by atoms with Crippen LogP contribution in [0.5, 0.6) is 0 Å². The number of amides is 3. The molecular formula is C22H30N4O4. The Kier molecular flexibility index (Phi) is 6.97. The van der Waals surface area contributed by atoms with Gasteiger partial charge in [-0.05, 0) is 24.0 Å². The molecule has 3 amide bonds. The predicted molar refractivity (Wildman–Crippen MR) is 114 cm³/mol. The van der Waals surface area contributed by atoms with Crippen molar-refractivity contribution in [1.29, 1.82) is 0 Å². The minimum Gasteiger partial charge on any atom is -0.467 e. The first-order chi connectivity index (χ1) is 14.4. The Hall–Kier alpha value is -3.03. The number of hydrogen-bond donors (Lipinski definition) is 2. The Morgan fingerprint density at radius 3 is 2.43 bits per heavy atom. The van der Waals surface area contributed by atoms with E-state index in [0.717, 1.165) is 16.5 Å². The molecule has 1 aromatic heterocycles. The molecule has 8 heteroatoms. The fraction of sp³-hybridized carbons (Fsp3) is 0.500. The van der Waals surface area contributed by atoms with Gasteiger partial charge in [-0.25, -0.2) is 9.59 Å². The summed E-state index contributed by atoms with van der Waals surface area (Å²) in [5.74, 6) is -0.437. The maximum absolute atomic E-state index is 12.6. The van der Waals surface area contributed by atoms with Crippen molar-refractivity contribution in [3.63, 3.8) is 0 Å². The molecule has 162 valence electrons. The summed E-state index contributed by atoms with van der Waals surface area (Å²) < 4.78 is 4.77. The highest BCUT2D eigenvalue weighted by molar-refractivity contribution is 5.85. The normalized spacial score (nSPS) is 15.3. The fourth-order valence-corrected chi connectivity index (χ4v) is 3.75. The van der Waals surface area contributed by atoms with Crippen molar-refractivity contribution in [2.24, 2.45) is 5.92 Å². The summed E-state index contributed by atoms with van der Waals surface area (Å²) in [4.78, 5) is 43.7. The molecule has 0 spiro atoms. The van der Waals surface area contributed by atoms with Crippen LogP contribution in [0.3, 0.4) is 0 Å². The maximum Gasteiger partial charge on any atom is 0.328 e. The third-order valence-corrected chi connectivity index (χ3v) is 5.60. The van der Waals surface area contributed by atoms with E-state index in [9.17, 15) is 14.4 Å². The van der Waals surface area contributed by atoms with Crippen LogP contribution in [0.2, 0.25) is 0 Å². The van der Waals surface area contributed by atoms with E-state index >= 15 is 0 Å². The van der Waals surface area contributed by atoms with E-state index < -0.39 is 12.0 Å². The van der Waals surface area contributed by atoms with Gasteiger partial charge in [0.05, 0.1) is 7.11 Å². The molecule has 2 heterocycles. The summed E-state index contributed by atoms with van der Waals surface area (Å²) in [6.07, 6.45) is 3.08. The fourth-order valence-electron chi connectivity index (χ4n) is 3.75. The van der Waals surface area contributed by atoms with E-state index in [-0.39, 0.29) is 17.9 Å². The standard InChI is InChI=1S/C22H30N4O4/c1-15(2)20(21(28)30-3)24-22(29)26-12-10-25(11-13-26)19(27)9-8-16-14-23-18-7-5-4-6-17(16)18/h4-7,14-15,20,23H,8-13H2,1-3H3,(H,24,29)/t20-/m1/s1. The highest BCUT2D eigenvalue weighted by Crippen LogP contribution is 2.19. The van der Waals surface area contributed by atoms with Crippen molar-refractivity contribution in [2.75, 3.05) is 33.3 Å². The Balaban J connectivity index is 1.48. The minimum absolute atomic E-state index is 0.0752. The lowest BCUT2D eigenvalue weighted by molar-refractivity contribution is -0.144. The number of hydrogen-bond acceptors (Lipinski definition) is 4. The molecule has 1 fully saturated rings. The summed E-state index contributed by atoms with van der Waals surface area (Å²) >= 11 is 0. The zero-order valence-electron chi connectivity index (χ0n) is 17.8. The molecule has 1 aromatic carbocycles. The average Bonchev–Trinajstić information content (AvgIpc) is 3.18. The lowest BCUT2D eigenvalue weighted by Gasteiger charge is -2.35. The zero-order chi connectivity index (χ0) is 21.7. The van der Waals surface area contributed by atoms with Crippen LogP contribution in [0.15, 0.2) is 30.5 Å². The average molecular weight is 415 g/mol. The molecule has 1 aliphatic rings. The third kappa shape index (κ3) is 4.93. The number of nitrogens with zero attached hydrogens (tertiary/aromatic N) is 2. The second kappa shape index (κ2) is 9.65. The van der Waals surface area contributed by atoms with Gasteiger partial charge in [0.15, 0.2) is 0 Å². The lowest BCUT2D eigenvalue weighted by atomic mass is 10.1. The van der Waals surface area contributed by atoms with Crippen LogP contribution >= 0.6 is 0 Å². The molecule has 2 aromatic rings. The van der Waals surface area contributed by atoms with E-state index in [4.69, 9.17) is 4.74 Å². The van der Waals surface area contributed by atoms with Crippen molar-refractivity contribution < 1.29 is 19.1 Å². The summed E-state index contributed by atoms with van der Waals surface area (Å²) in [5.41, 5.74) is 2.21. The number of aromatic nitrogens is 1. The number of benzene rings is 1. The Morgan fingerprint density at radius 2 is 1.77 bits per heavy atom. The molecule has 1 atom stereocenters. The number of nitrogens with one attached hydrogen (secondary N) is 2. The number of carbonyl (C=O) groups excluding carboxylic acids is 3. The number of H-pyrrole nitrogens is 1. The van der Waals surface area contributed by atoms with Crippen molar-refractivity contribution in [1.82, 2.24) is 20.1 Å². The topological polar surface area (TPSA) is 94.7 Å². The number of fused-ring (bicyclic) bond motifs is 1. The summed E-state index contributed by atoms with van der Waals surface area (Å²) in [7, 11) is 1.31. The molecule has 0 bridgehead atoms. The number of urea groups is 1. The van der Waals surface area contributed by atoms with Gasteiger partial charge in [0.2, 0.25) is 5.91 Å². The van der Waals surface area contributed by atoms with Crippen LogP contribution in [0.25, 0.3) is 10.9 Å². The van der Waals surface area contributed by atoms with E-state index in [0.29, 0.717) is 39.0 Å². The highest BCUT2D eigenvalue weighted by Gasteiger charge is 2.29. The van der Waals surface area contributed by atoms with Crippen molar-refractivity contribution in [2.45, 2.75) is 32.7 Å². The quantitative estimate of drug-likeness (QED) is 0.708. The number of para-hydroxylation sites is 1. The van der Waals surface area contributed by atoms with Crippen LogP contribution in [0, 0.1) is 5.92 Å². The van der Waals surface area contributed by atoms with Gasteiger partial charge in [0.1, 0.15) is 6.04 Å². The third-order valence-electron chi connectivity index (χ3n) is 5.60. The molecule has 0 saturated carbocycles. The molecule has 0 unspecified atom stereocenters. The number of aromatic amines is 1. The van der Waals surface area contributed by atoms with Gasteiger partial charge >= 0.3 is 12.0 Å². The number of aryl methyl sites for hydroxylation is 1. The van der Waals surface area contributed by atoms with Gasteiger partial charge in [-0.2, -0.15) is 0 Å². The Bertz CT molecular complexity index is 899. The number of carbonyl (C=O) groups is 3. The first kappa shape index (κ1) is 21.7. The largest absolute Gasteiger partial charge is 0.467 e. The van der Waals surface area contributed by atoms with Gasteiger partial charge < -0.3 is 24.8 Å². The molecule has 0 radical (unpaired) electrons. The summed E-state index contributed by atoms with van der Waals surface area (Å²) in [6.45, 7) is 5.57. The molecule has 2 N–H and O–H groups in total. The number of piperazine rings is 1. The molecular weight excluding hydrogens is 384 g/mol. The van der Waals surface area contributed by atoms with E-state index in [2.05, 4.69) is 16.4 Å². The Morgan fingerprint density at radius 1 is 1.10 bits per heavy atom. The number of ether oxygens (including phenoxy) is 1. The van der Waals surface area contributed by atoms with Gasteiger partial charge in [0, 0.05) is 49.7 Å². The van der Waals surface area contributed by atoms with Gasteiger partial charge in [-0.3, -0.25) is 4.79 Å². The summed E-state index contributed by atoms with van der Waals surface area (Å²) in [6, 6.07) is 7.08.